The number of nitrogens with one attached hydrogen (secondary N) is 1. The van der Waals surface area contributed by atoms with E-state index >= 15 is 0 Å². The molecule has 0 unspecified atom stereocenters. The summed E-state index contributed by atoms with van der Waals surface area (Å²) in [6.45, 7) is 5.51. The number of benzene rings is 2. The highest BCUT2D eigenvalue weighted by molar-refractivity contribution is 5.86. The number of halogens is 3. The molecule has 1 aliphatic rings. The van der Waals surface area contributed by atoms with Crippen LogP contribution in [0.2, 0.25) is 0 Å². The van der Waals surface area contributed by atoms with Gasteiger partial charge in [-0.3, -0.25) is 4.90 Å². The van der Waals surface area contributed by atoms with Gasteiger partial charge in [0.2, 0.25) is 0 Å². The van der Waals surface area contributed by atoms with E-state index in [9.17, 15) is 13.2 Å². The van der Waals surface area contributed by atoms with Crippen LogP contribution in [0.3, 0.4) is 0 Å². The van der Waals surface area contributed by atoms with Crippen molar-refractivity contribution in [2.24, 2.45) is 0 Å². The molecule has 1 N–H and O–H groups in total. The maximum Gasteiger partial charge on any atom is 0.422 e. The zero-order chi connectivity index (χ0) is 19.9. The Hall–Kier alpha value is -2.47. The Bertz CT molecular complexity index is 991. The van der Waals surface area contributed by atoms with E-state index in [-0.39, 0.29) is 11.2 Å². The molecule has 2 aromatic carbocycles. The fraction of sp³-hybridized carbons (Fsp3) is 0.364. The average Bonchev–Trinajstić information content (AvgIpc) is 2.98. The van der Waals surface area contributed by atoms with E-state index in [2.05, 4.69) is 41.9 Å². The summed E-state index contributed by atoms with van der Waals surface area (Å²) in [5.74, 6) is 0.248. The van der Waals surface area contributed by atoms with Crippen LogP contribution in [-0.2, 0) is 18.5 Å². The molecule has 0 fully saturated rings. The van der Waals surface area contributed by atoms with Gasteiger partial charge in [-0.05, 0) is 29.3 Å². The molecule has 0 bridgehead atoms. The minimum absolute atomic E-state index is 0.0302. The molecule has 6 heteroatoms. The first-order valence-electron chi connectivity index (χ1n) is 9.32. The molecule has 0 amide bonds. The molecule has 3 aromatic rings. The topological polar surface area (TPSA) is 28.3 Å². The third-order valence-electron chi connectivity index (χ3n) is 5.17. The zero-order valence-electron chi connectivity index (χ0n) is 15.9. The second kappa shape index (κ2) is 6.85. The lowest BCUT2D eigenvalue weighted by Gasteiger charge is -2.38. The molecule has 0 saturated carbocycles. The molecule has 0 radical (unpaired) electrons. The van der Waals surface area contributed by atoms with Crippen molar-refractivity contribution in [2.45, 2.75) is 38.5 Å². The molecule has 0 aliphatic carbocycles. The van der Waals surface area contributed by atoms with Gasteiger partial charge in [-0.25, -0.2) is 0 Å². The van der Waals surface area contributed by atoms with E-state index in [0.717, 1.165) is 24.2 Å². The van der Waals surface area contributed by atoms with Gasteiger partial charge in [0.25, 0.3) is 0 Å². The summed E-state index contributed by atoms with van der Waals surface area (Å²) in [5.41, 5.74) is 4.63. The van der Waals surface area contributed by atoms with Gasteiger partial charge in [0.15, 0.2) is 6.61 Å². The summed E-state index contributed by atoms with van der Waals surface area (Å²) in [5, 5.41) is 1.27. The van der Waals surface area contributed by atoms with E-state index in [0.29, 0.717) is 6.54 Å². The predicted octanol–water partition coefficient (Wildman–Crippen LogP) is 5.40. The summed E-state index contributed by atoms with van der Waals surface area (Å²) < 4.78 is 42.1. The summed E-state index contributed by atoms with van der Waals surface area (Å²) in [6, 6.07) is 15.3. The number of alkyl halides is 3. The number of para-hydroxylation sites is 1. The van der Waals surface area contributed by atoms with Gasteiger partial charge in [0.05, 0.1) is 0 Å². The molecule has 0 saturated heterocycles. The van der Waals surface area contributed by atoms with Crippen molar-refractivity contribution in [1.82, 2.24) is 9.88 Å². The lowest BCUT2D eigenvalue weighted by Crippen LogP contribution is -2.41. The first-order chi connectivity index (χ1) is 13.2. The smallest absolute Gasteiger partial charge is 0.422 e. The quantitative estimate of drug-likeness (QED) is 0.648. The van der Waals surface area contributed by atoms with Crippen molar-refractivity contribution >= 4 is 10.9 Å². The van der Waals surface area contributed by atoms with Gasteiger partial charge in [-0.1, -0.05) is 44.2 Å². The van der Waals surface area contributed by atoms with Gasteiger partial charge in [-0.15, -0.1) is 0 Å². The Morgan fingerprint density at radius 3 is 2.68 bits per heavy atom. The Balaban J connectivity index is 1.54. The Morgan fingerprint density at radius 1 is 1.11 bits per heavy atom. The fourth-order valence-corrected chi connectivity index (χ4v) is 4.28. The largest absolute Gasteiger partial charge is 0.484 e. The third-order valence-corrected chi connectivity index (χ3v) is 5.17. The first kappa shape index (κ1) is 18.9. The molecule has 1 aliphatic heterocycles. The second-order valence-corrected chi connectivity index (χ2v) is 8.10. The minimum atomic E-state index is -4.33. The standard InChI is InChI=1S/C22H23F3N2O/c1-21(2)13-27(12-19-20(21)17-8-3-4-9-18(17)26-19)11-15-6-5-7-16(10-15)28-14-22(23,24)25/h3-10,26H,11-14H2,1-2H3. The summed E-state index contributed by atoms with van der Waals surface area (Å²) >= 11 is 0. The SMILES string of the molecule is CC1(C)CN(Cc2cccc(OCC(F)(F)F)c2)Cc2[nH]c3ccccc3c21. The van der Waals surface area contributed by atoms with E-state index in [1.807, 2.05) is 12.1 Å². The molecular weight excluding hydrogens is 365 g/mol. The number of nitrogens with zero attached hydrogens (tertiary/aromatic N) is 1. The van der Waals surface area contributed by atoms with Gasteiger partial charge in [0, 0.05) is 41.6 Å². The number of rotatable bonds is 4. The van der Waals surface area contributed by atoms with Crippen molar-refractivity contribution in [3.05, 3.63) is 65.4 Å². The van der Waals surface area contributed by atoms with Crippen molar-refractivity contribution in [3.8, 4) is 5.75 Å². The number of hydrogen-bond donors (Lipinski definition) is 1. The van der Waals surface area contributed by atoms with Crippen molar-refractivity contribution in [1.29, 1.82) is 0 Å². The summed E-state index contributed by atoms with van der Waals surface area (Å²) in [4.78, 5) is 5.86. The normalized spacial score (nSPS) is 16.9. The van der Waals surface area contributed by atoms with Crippen LogP contribution in [0.25, 0.3) is 10.9 Å². The number of fused-ring (bicyclic) bond motifs is 3. The number of ether oxygens (including phenoxy) is 1. The Kier molecular flexibility index (Phi) is 4.62. The van der Waals surface area contributed by atoms with Crippen LogP contribution in [0, 0.1) is 0 Å². The van der Waals surface area contributed by atoms with Gasteiger partial charge in [0.1, 0.15) is 5.75 Å². The Morgan fingerprint density at radius 2 is 1.89 bits per heavy atom. The van der Waals surface area contributed by atoms with Gasteiger partial charge >= 0.3 is 6.18 Å². The van der Waals surface area contributed by atoms with Crippen LogP contribution < -0.4 is 4.74 Å². The van der Waals surface area contributed by atoms with Gasteiger partial charge < -0.3 is 9.72 Å². The van der Waals surface area contributed by atoms with E-state index in [1.165, 1.54) is 16.6 Å². The Labute approximate surface area is 162 Å². The van der Waals surface area contributed by atoms with Crippen LogP contribution in [0.15, 0.2) is 48.5 Å². The highest BCUT2D eigenvalue weighted by atomic mass is 19.4. The number of H-pyrrole nitrogens is 1. The van der Waals surface area contributed by atoms with Crippen molar-refractivity contribution < 1.29 is 17.9 Å². The third kappa shape index (κ3) is 3.87. The monoisotopic (exact) mass is 388 g/mol. The van der Waals surface area contributed by atoms with Crippen molar-refractivity contribution in [2.75, 3.05) is 13.2 Å². The fourth-order valence-electron chi connectivity index (χ4n) is 4.28. The molecule has 148 valence electrons. The minimum Gasteiger partial charge on any atom is -0.484 e. The maximum absolute atomic E-state index is 12.4. The highest BCUT2D eigenvalue weighted by Crippen LogP contribution is 2.39. The van der Waals surface area contributed by atoms with Crippen LogP contribution >= 0.6 is 0 Å². The van der Waals surface area contributed by atoms with Crippen LogP contribution in [0.1, 0.15) is 30.7 Å². The second-order valence-electron chi connectivity index (χ2n) is 8.10. The lowest BCUT2D eigenvalue weighted by molar-refractivity contribution is -0.153. The molecule has 0 spiro atoms. The number of aromatic nitrogens is 1. The van der Waals surface area contributed by atoms with Crippen LogP contribution in [0.4, 0.5) is 13.2 Å². The highest BCUT2D eigenvalue weighted by Gasteiger charge is 2.34. The molecule has 4 rings (SSSR count). The molecule has 3 nitrogen and oxygen atoms in total. The van der Waals surface area contributed by atoms with Crippen LogP contribution in [-0.4, -0.2) is 29.2 Å². The van der Waals surface area contributed by atoms with Gasteiger partial charge in [-0.2, -0.15) is 13.2 Å². The number of hydrogen-bond acceptors (Lipinski definition) is 2. The lowest BCUT2D eigenvalue weighted by atomic mass is 9.79. The van der Waals surface area contributed by atoms with E-state index < -0.39 is 12.8 Å². The molecule has 2 heterocycles. The maximum atomic E-state index is 12.4. The molecule has 28 heavy (non-hydrogen) atoms. The molecule has 0 atom stereocenters. The summed E-state index contributed by atoms with van der Waals surface area (Å²) in [6.07, 6.45) is -4.33. The zero-order valence-corrected chi connectivity index (χ0v) is 15.9. The van der Waals surface area contributed by atoms with E-state index in [4.69, 9.17) is 4.74 Å². The van der Waals surface area contributed by atoms with E-state index in [1.54, 1.807) is 18.2 Å². The molecular formula is C22H23F3N2O. The predicted molar refractivity (Wildman–Crippen MR) is 103 cm³/mol. The van der Waals surface area contributed by atoms with Crippen LogP contribution in [0.5, 0.6) is 5.75 Å². The number of aromatic amines is 1. The average molecular weight is 388 g/mol. The molecule has 1 aromatic heterocycles. The summed E-state index contributed by atoms with van der Waals surface area (Å²) in [7, 11) is 0. The first-order valence-corrected chi connectivity index (χ1v) is 9.32. The van der Waals surface area contributed by atoms with Crippen molar-refractivity contribution in [3.63, 3.8) is 0 Å².